The van der Waals surface area contributed by atoms with E-state index >= 15 is 0 Å². The second kappa shape index (κ2) is 6.32. The predicted molar refractivity (Wildman–Crippen MR) is 72.6 cm³/mol. The largest absolute Gasteiger partial charge is 0.388 e. The van der Waals surface area contributed by atoms with Gasteiger partial charge in [0.25, 0.3) is 0 Å². The van der Waals surface area contributed by atoms with E-state index in [0.717, 1.165) is 38.0 Å². The topological polar surface area (TPSA) is 32.7 Å². The average molecular weight is 249 g/mol. The van der Waals surface area contributed by atoms with Crippen molar-refractivity contribution in [1.82, 2.24) is 4.90 Å². The van der Waals surface area contributed by atoms with Crippen molar-refractivity contribution < 1.29 is 9.84 Å². The number of aliphatic hydroxyl groups is 1. The van der Waals surface area contributed by atoms with Crippen LogP contribution in [0.5, 0.6) is 0 Å². The summed E-state index contributed by atoms with van der Waals surface area (Å²) in [7, 11) is 1.77. The van der Waals surface area contributed by atoms with Gasteiger partial charge in [-0.25, -0.2) is 0 Å². The highest BCUT2D eigenvalue weighted by Crippen LogP contribution is 2.21. The third-order valence-electron chi connectivity index (χ3n) is 3.83. The number of aliphatic hydroxyl groups excluding tert-OH is 1. The van der Waals surface area contributed by atoms with Gasteiger partial charge in [0.05, 0.1) is 12.2 Å². The molecule has 1 saturated heterocycles. The highest BCUT2D eigenvalue weighted by molar-refractivity contribution is 5.27. The van der Waals surface area contributed by atoms with Gasteiger partial charge < -0.3 is 14.7 Å². The molecule has 0 saturated carbocycles. The smallest absolute Gasteiger partial charge is 0.0804 e. The lowest BCUT2D eigenvalue weighted by Crippen LogP contribution is -2.25. The van der Waals surface area contributed by atoms with Gasteiger partial charge in [0.2, 0.25) is 0 Å². The Morgan fingerprint density at radius 2 is 2.22 bits per heavy atom. The average Bonchev–Trinajstić information content (AvgIpc) is 2.84. The number of aryl methyl sites for hydroxylation is 1. The van der Waals surface area contributed by atoms with Crippen LogP contribution in [0.15, 0.2) is 24.3 Å². The predicted octanol–water partition coefficient (Wildman–Crippen LogP) is 2.14. The Labute approximate surface area is 109 Å². The monoisotopic (exact) mass is 249 g/mol. The zero-order valence-electron chi connectivity index (χ0n) is 11.3. The first-order valence-electron chi connectivity index (χ1n) is 6.69. The minimum atomic E-state index is -0.354. The third kappa shape index (κ3) is 3.31. The molecule has 0 aliphatic carbocycles. The summed E-state index contributed by atoms with van der Waals surface area (Å²) in [6, 6.07) is 8.06. The molecular formula is C15H23NO2. The van der Waals surface area contributed by atoms with E-state index in [1.807, 2.05) is 18.2 Å². The maximum atomic E-state index is 10.2. The van der Waals surface area contributed by atoms with E-state index in [-0.39, 0.29) is 6.10 Å². The first-order valence-corrected chi connectivity index (χ1v) is 6.69. The number of hydrogen-bond donors (Lipinski definition) is 1. The summed E-state index contributed by atoms with van der Waals surface area (Å²) in [5.41, 5.74) is 2.22. The highest BCUT2D eigenvalue weighted by Gasteiger charge is 2.22. The summed E-state index contributed by atoms with van der Waals surface area (Å²) in [5, 5.41) is 10.2. The van der Waals surface area contributed by atoms with E-state index in [0.29, 0.717) is 6.10 Å². The fraction of sp³-hybridized carbons (Fsp3) is 0.600. The Balaban J connectivity index is 1.82. The number of benzene rings is 1. The van der Waals surface area contributed by atoms with E-state index in [1.165, 1.54) is 5.56 Å². The van der Waals surface area contributed by atoms with Crippen LogP contribution in [-0.2, 0) is 4.74 Å². The molecule has 1 aromatic rings. The van der Waals surface area contributed by atoms with Crippen molar-refractivity contribution in [3.8, 4) is 0 Å². The Kier molecular flexibility index (Phi) is 4.75. The minimum Gasteiger partial charge on any atom is -0.388 e. The van der Waals surface area contributed by atoms with Gasteiger partial charge in [0.15, 0.2) is 0 Å². The van der Waals surface area contributed by atoms with Crippen LogP contribution in [-0.4, -0.2) is 42.9 Å². The number of rotatable bonds is 5. The van der Waals surface area contributed by atoms with Gasteiger partial charge in [-0.3, -0.25) is 0 Å². The summed E-state index contributed by atoms with van der Waals surface area (Å²) < 4.78 is 5.35. The number of ether oxygens (including phenoxy) is 1. The lowest BCUT2D eigenvalue weighted by molar-refractivity contribution is 0.102. The SMILES string of the molecule is COC1CCN(CCC(O)c2ccccc2C)C1. The number of methoxy groups -OCH3 is 1. The minimum absolute atomic E-state index is 0.354. The second-order valence-electron chi connectivity index (χ2n) is 5.11. The Bertz CT molecular complexity index is 381. The molecule has 1 aliphatic heterocycles. The van der Waals surface area contributed by atoms with Crippen LogP contribution in [0.2, 0.25) is 0 Å². The molecule has 0 spiro atoms. The molecule has 2 atom stereocenters. The van der Waals surface area contributed by atoms with E-state index in [4.69, 9.17) is 4.74 Å². The molecule has 1 fully saturated rings. The van der Waals surface area contributed by atoms with Crippen LogP contribution in [0, 0.1) is 6.92 Å². The van der Waals surface area contributed by atoms with E-state index in [2.05, 4.69) is 17.9 Å². The van der Waals surface area contributed by atoms with Gasteiger partial charge in [0, 0.05) is 26.7 Å². The standard InChI is InChI=1S/C15H23NO2/c1-12-5-3-4-6-14(12)15(17)8-10-16-9-7-13(11-16)18-2/h3-6,13,15,17H,7-11H2,1-2H3. The Hall–Kier alpha value is -0.900. The van der Waals surface area contributed by atoms with Gasteiger partial charge >= 0.3 is 0 Å². The zero-order valence-corrected chi connectivity index (χ0v) is 11.3. The molecule has 1 aromatic carbocycles. The van der Waals surface area contributed by atoms with Crippen LogP contribution < -0.4 is 0 Å². The molecule has 0 amide bonds. The van der Waals surface area contributed by atoms with Crippen molar-refractivity contribution in [3.63, 3.8) is 0 Å². The third-order valence-corrected chi connectivity index (χ3v) is 3.83. The molecule has 2 rings (SSSR count). The van der Waals surface area contributed by atoms with Crippen LogP contribution in [0.4, 0.5) is 0 Å². The molecule has 100 valence electrons. The van der Waals surface area contributed by atoms with Gasteiger partial charge in [-0.1, -0.05) is 24.3 Å². The molecule has 0 radical (unpaired) electrons. The van der Waals surface area contributed by atoms with Crippen LogP contribution in [0.1, 0.15) is 30.1 Å². The van der Waals surface area contributed by atoms with Crippen molar-refractivity contribution in [2.24, 2.45) is 0 Å². The normalized spacial score (nSPS) is 22.3. The Morgan fingerprint density at radius 3 is 2.89 bits per heavy atom. The first-order chi connectivity index (χ1) is 8.70. The van der Waals surface area contributed by atoms with Crippen LogP contribution >= 0.6 is 0 Å². The summed E-state index contributed by atoms with van der Waals surface area (Å²) in [6.07, 6.45) is 1.92. The van der Waals surface area contributed by atoms with Crippen molar-refractivity contribution in [2.45, 2.75) is 32.0 Å². The summed E-state index contributed by atoms with van der Waals surface area (Å²) >= 11 is 0. The lowest BCUT2D eigenvalue weighted by Gasteiger charge is -2.19. The molecule has 1 aliphatic rings. The van der Waals surface area contributed by atoms with Crippen molar-refractivity contribution in [1.29, 1.82) is 0 Å². The molecule has 1 heterocycles. The highest BCUT2D eigenvalue weighted by atomic mass is 16.5. The second-order valence-corrected chi connectivity index (χ2v) is 5.11. The van der Waals surface area contributed by atoms with Gasteiger partial charge in [-0.15, -0.1) is 0 Å². The molecule has 2 unspecified atom stereocenters. The molecule has 0 bridgehead atoms. The molecule has 3 nitrogen and oxygen atoms in total. The first kappa shape index (κ1) is 13.5. The van der Waals surface area contributed by atoms with E-state index in [9.17, 15) is 5.11 Å². The maximum Gasteiger partial charge on any atom is 0.0804 e. The fourth-order valence-corrected chi connectivity index (χ4v) is 2.61. The summed E-state index contributed by atoms with van der Waals surface area (Å²) in [5.74, 6) is 0. The molecule has 18 heavy (non-hydrogen) atoms. The van der Waals surface area contributed by atoms with Crippen molar-refractivity contribution in [2.75, 3.05) is 26.7 Å². The number of nitrogens with zero attached hydrogens (tertiary/aromatic N) is 1. The van der Waals surface area contributed by atoms with Gasteiger partial charge in [-0.2, -0.15) is 0 Å². The van der Waals surface area contributed by atoms with Crippen LogP contribution in [0.25, 0.3) is 0 Å². The number of hydrogen-bond acceptors (Lipinski definition) is 3. The van der Waals surface area contributed by atoms with Crippen LogP contribution in [0.3, 0.4) is 0 Å². The lowest BCUT2D eigenvalue weighted by atomic mass is 10.0. The molecule has 1 N–H and O–H groups in total. The summed E-state index contributed by atoms with van der Waals surface area (Å²) in [6.45, 7) is 5.07. The maximum absolute atomic E-state index is 10.2. The van der Waals surface area contributed by atoms with E-state index in [1.54, 1.807) is 7.11 Å². The molecule has 0 aromatic heterocycles. The van der Waals surface area contributed by atoms with E-state index < -0.39 is 0 Å². The van der Waals surface area contributed by atoms with Gasteiger partial charge in [0.1, 0.15) is 0 Å². The zero-order chi connectivity index (χ0) is 13.0. The summed E-state index contributed by atoms with van der Waals surface area (Å²) in [4.78, 5) is 2.37. The number of likely N-dealkylation sites (tertiary alicyclic amines) is 1. The van der Waals surface area contributed by atoms with Gasteiger partial charge in [-0.05, 0) is 30.9 Å². The molecule has 3 heteroatoms. The molecular weight excluding hydrogens is 226 g/mol. The Morgan fingerprint density at radius 1 is 1.44 bits per heavy atom. The quantitative estimate of drug-likeness (QED) is 0.868. The fourth-order valence-electron chi connectivity index (χ4n) is 2.61. The van der Waals surface area contributed by atoms with Crippen molar-refractivity contribution >= 4 is 0 Å². The van der Waals surface area contributed by atoms with Crippen molar-refractivity contribution in [3.05, 3.63) is 35.4 Å².